The van der Waals surface area contributed by atoms with E-state index in [2.05, 4.69) is 0 Å². The minimum absolute atomic E-state index is 0.0411. The van der Waals surface area contributed by atoms with Gasteiger partial charge in [-0.25, -0.2) is 9.45 Å². The number of halogens is 1. The second kappa shape index (κ2) is 5.70. The number of fused-ring (bicyclic) bond motifs is 1. The molecule has 0 N–H and O–H groups in total. The topological polar surface area (TPSA) is 59.1 Å². The average molecular weight is 326 g/mol. The molecule has 3 saturated heterocycles. The zero-order valence-corrected chi connectivity index (χ0v) is 13.2. The molecule has 128 valence electrons. The van der Waals surface area contributed by atoms with Crippen LogP contribution >= 0.6 is 0 Å². The van der Waals surface area contributed by atoms with E-state index in [-0.39, 0.29) is 23.8 Å². The van der Waals surface area contributed by atoms with Crippen LogP contribution in [0.2, 0.25) is 0 Å². The summed E-state index contributed by atoms with van der Waals surface area (Å²) in [4.78, 5) is 32.0. The Morgan fingerprint density at radius 1 is 1.13 bits per heavy atom. The van der Waals surface area contributed by atoms with E-state index in [0.29, 0.717) is 45.7 Å². The molecule has 0 aromatic carbocycles. The van der Waals surface area contributed by atoms with E-state index in [1.165, 1.54) is 5.06 Å². The fourth-order valence-electron chi connectivity index (χ4n) is 4.07. The summed E-state index contributed by atoms with van der Waals surface area (Å²) in [5, 5.41) is 1.45. The normalized spacial score (nSPS) is 35.8. The molecule has 0 bridgehead atoms. The van der Waals surface area contributed by atoms with Crippen LogP contribution in [0.1, 0.15) is 32.1 Å². The van der Waals surface area contributed by atoms with Gasteiger partial charge in [0.2, 0.25) is 0 Å². The van der Waals surface area contributed by atoms with Crippen molar-refractivity contribution >= 4 is 11.8 Å². The predicted molar refractivity (Wildman–Crippen MR) is 77.9 cm³/mol. The zero-order chi connectivity index (χ0) is 16.0. The number of amides is 2. The first-order chi connectivity index (χ1) is 11.1. The first kappa shape index (κ1) is 15.3. The summed E-state index contributed by atoms with van der Waals surface area (Å²) in [5.41, 5.74) is -1.67. The van der Waals surface area contributed by atoms with Crippen molar-refractivity contribution in [1.82, 2.24) is 9.96 Å². The van der Waals surface area contributed by atoms with Gasteiger partial charge in [0.1, 0.15) is 0 Å². The van der Waals surface area contributed by atoms with Gasteiger partial charge in [-0.15, -0.1) is 0 Å². The van der Waals surface area contributed by atoms with Crippen LogP contribution < -0.4 is 0 Å². The number of ether oxygens (including phenoxy) is 1. The monoisotopic (exact) mass is 326 g/mol. The number of rotatable bonds is 2. The third-order valence-electron chi connectivity index (χ3n) is 5.70. The van der Waals surface area contributed by atoms with Gasteiger partial charge in [0.05, 0.1) is 25.2 Å². The quantitative estimate of drug-likeness (QED) is 0.757. The molecule has 0 radical (unpaired) electrons. The Morgan fingerprint density at radius 2 is 1.96 bits per heavy atom. The smallest absolute Gasteiger partial charge is 0.260 e. The Labute approximate surface area is 134 Å². The van der Waals surface area contributed by atoms with Crippen LogP contribution in [0.15, 0.2) is 0 Å². The zero-order valence-electron chi connectivity index (χ0n) is 13.2. The number of carbonyl (C=O) groups is 2. The lowest BCUT2D eigenvalue weighted by Gasteiger charge is -2.36. The summed E-state index contributed by atoms with van der Waals surface area (Å²) < 4.78 is 20.1. The van der Waals surface area contributed by atoms with Crippen LogP contribution in [0.3, 0.4) is 0 Å². The molecule has 1 saturated carbocycles. The maximum absolute atomic E-state index is 14.3. The van der Waals surface area contributed by atoms with Crippen LogP contribution in [0, 0.1) is 11.8 Å². The van der Waals surface area contributed by atoms with Crippen LogP contribution in [-0.4, -0.2) is 66.4 Å². The Kier molecular flexibility index (Phi) is 3.80. The van der Waals surface area contributed by atoms with E-state index < -0.39 is 11.6 Å². The Hall–Kier alpha value is -1.21. The Morgan fingerprint density at radius 3 is 2.61 bits per heavy atom. The third-order valence-corrected chi connectivity index (χ3v) is 5.70. The second-order valence-electron chi connectivity index (χ2n) is 7.15. The molecule has 3 heterocycles. The summed E-state index contributed by atoms with van der Waals surface area (Å²) in [6.45, 7) is 2.38. The van der Waals surface area contributed by atoms with Gasteiger partial charge in [0, 0.05) is 25.6 Å². The van der Waals surface area contributed by atoms with Crippen molar-refractivity contribution in [3.8, 4) is 0 Å². The molecule has 3 atom stereocenters. The molecule has 0 unspecified atom stereocenters. The van der Waals surface area contributed by atoms with Crippen LogP contribution in [0.5, 0.6) is 0 Å². The van der Waals surface area contributed by atoms with E-state index in [0.717, 1.165) is 19.3 Å². The average Bonchev–Trinajstić information content (AvgIpc) is 3.12. The molecule has 0 aromatic heterocycles. The molecular weight excluding hydrogens is 303 g/mol. The standard InChI is InChI=1S/C16H23FN2O4/c17-16(4-3-5-16)15(21)18-8-11-12(10-22-13(11)9-18)14(20)19-6-1-2-7-23-19/h11-13H,1-10H2/t11-,12-,13-/m0/s1. The van der Waals surface area contributed by atoms with E-state index >= 15 is 0 Å². The van der Waals surface area contributed by atoms with Crippen LogP contribution in [-0.2, 0) is 19.2 Å². The van der Waals surface area contributed by atoms with E-state index in [1.807, 2.05) is 0 Å². The van der Waals surface area contributed by atoms with Gasteiger partial charge in [-0.2, -0.15) is 0 Å². The number of nitrogens with zero attached hydrogens (tertiary/aromatic N) is 2. The molecule has 6 nitrogen and oxygen atoms in total. The van der Waals surface area contributed by atoms with Gasteiger partial charge < -0.3 is 9.64 Å². The molecule has 0 spiro atoms. The predicted octanol–water partition coefficient (Wildman–Crippen LogP) is 0.906. The Balaban J connectivity index is 1.41. The number of alkyl halides is 1. The van der Waals surface area contributed by atoms with Crippen molar-refractivity contribution < 1.29 is 23.6 Å². The summed E-state index contributed by atoms with van der Waals surface area (Å²) >= 11 is 0. The van der Waals surface area contributed by atoms with Crippen molar-refractivity contribution in [2.24, 2.45) is 11.8 Å². The lowest BCUT2D eigenvalue weighted by molar-refractivity contribution is -0.202. The van der Waals surface area contributed by atoms with Crippen molar-refractivity contribution in [3.63, 3.8) is 0 Å². The van der Waals surface area contributed by atoms with Gasteiger partial charge in [0.15, 0.2) is 5.67 Å². The molecule has 23 heavy (non-hydrogen) atoms. The molecule has 0 aromatic rings. The van der Waals surface area contributed by atoms with E-state index in [4.69, 9.17) is 9.57 Å². The van der Waals surface area contributed by atoms with Gasteiger partial charge >= 0.3 is 0 Å². The highest BCUT2D eigenvalue weighted by Gasteiger charge is 2.54. The fraction of sp³-hybridized carbons (Fsp3) is 0.875. The number of hydroxylamine groups is 2. The highest BCUT2D eigenvalue weighted by molar-refractivity contribution is 5.86. The number of carbonyl (C=O) groups excluding carboxylic acids is 2. The molecule has 2 amide bonds. The second-order valence-corrected chi connectivity index (χ2v) is 7.15. The number of hydrogen-bond acceptors (Lipinski definition) is 4. The minimum Gasteiger partial charge on any atom is -0.375 e. The SMILES string of the molecule is O=C([C@H]1CO[C@H]2CN(C(=O)C3(F)CCC3)C[C@H]21)N1CCCCO1. The molecule has 4 rings (SSSR count). The van der Waals surface area contributed by atoms with Gasteiger partial charge in [-0.3, -0.25) is 14.4 Å². The highest BCUT2D eigenvalue weighted by atomic mass is 19.1. The van der Waals surface area contributed by atoms with Crippen molar-refractivity contribution in [1.29, 1.82) is 0 Å². The summed E-state index contributed by atoms with van der Waals surface area (Å²) in [6.07, 6.45) is 3.18. The molecule has 4 fully saturated rings. The summed E-state index contributed by atoms with van der Waals surface area (Å²) in [6, 6.07) is 0. The van der Waals surface area contributed by atoms with Gasteiger partial charge in [-0.05, 0) is 32.1 Å². The third kappa shape index (κ3) is 2.54. The Bertz CT molecular complexity index is 504. The van der Waals surface area contributed by atoms with Crippen molar-refractivity contribution in [3.05, 3.63) is 0 Å². The maximum atomic E-state index is 14.3. The number of likely N-dealkylation sites (tertiary alicyclic amines) is 1. The molecule has 4 aliphatic rings. The minimum atomic E-state index is -1.67. The van der Waals surface area contributed by atoms with E-state index in [1.54, 1.807) is 4.90 Å². The molecular formula is C16H23FN2O4. The fourth-order valence-corrected chi connectivity index (χ4v) is 4.07. The highest BCUT2D eigenvalue weighted by Crippen LogP contribution is 2.41. The summed E-state index contributed by atoms with van der Waals surface area (Å²) in [7, 11) is 0. The number of hydrogen-bond donors (Lipinski definition) is 0. The molecule has 7 heteroatoms. The summed E-state index contributed by atoms with van der Waals surface area (Å²) in [5.74, 6) is -0.791. The van der Waals surface area contributed by atoms with E-state index in [9.17, 15) is 14.0 Å². The lowest BCUT2D eigenvalue weighted by Crippen LogP contribution is -2.50. The first-order valence-electron chi connectivity index (χ1n) is 8.63. The first-order valence-corrected chi connectivity index (χ1v) is 8.63. The lowest BCUT2D eigenvalue weighted by atomic mass is 9.81. The van der Waals surface area contributed by atoms with Gasteiger partial charge in [-0.1, -0.05) is 0 Å². The van der Waals surface area contributed by atoms with Gasteiger partial charge in [0.25, 0.3) is 11.8 Å². The van der Waals surface area contributed by atoms with Crippen LogP contribution in [0.4, 0.5) is 4.39 Å². The maximum Gasteiger partial charge on any atom is 0.260 e. The van der Waals surface area contributed by atoms with Crippen molar-refractivity contribution in [2.75, 3.05) is 32.8 Å². The van der Waals surface area contributed by atoms with Crippen LogP contribution in [0.25, 0.3) is 0 Å². The molecule has 1 aliphatic carbocycles. The molecule has 3 aliphatic heterocycles. The largest absolute Gasteiger partial charge is 0.375 e. The van der Waals surface area contributed by atoms with Crippen molar-refractivity contribution in [2.45, 2.75) is 43.9 Å².